The maximum Gasteiger partial charge on any atom is 0.411 e. The van der Waals surface area contributed by atoms with Crippen molar-refractivity contribution >= 4 is 23.4 Å². The van der Waals surface area contributed by atoms with Gasteiger partial charge in [0.15, 0.2) is 5.82 Å². The van der Waals surface area contributed by atoms with Crippen LogP contribution < -0.4 is 5.32 Å². The monoisotopic (exact) mass is 378 g/mol. The average molecular weight is 379 g/mol. The summed E-state index contributed by atoms with van der Waals surface area (Å²) < 4.78 is 6.98. The summed E-state index contributed by atoms with van der Waals surface area (Å²) in [6.07, 6.45) is 3.84. The van der Waals surface area contributed by atoms with E-state index in [1.165, 1.54) is 0 Å². The Kier molecular flexibility index (Phi) is 5.73. The fraction of sp³-hybridized carbons (Fsp3) is 0.529. The summed E-state index contributed by atoms with van der Waals surface area (Å²) in [5.74, 6) is 0.835. The third-order valence-corrected chi connectivity index (χ3v) is 5.11. The lowest BCUT2D eigenvalue weighted by Crippen LogP contribution is -2.41. The number of nitrogens with zero attached hydrogens (tertiary/aromatic N) is 5. The first-order valence-corrected chi connectivity index (χ1v) is 9.02. The van der Waals surface area contributed by atoms with Crippen molar-refractivity contribution in [3.05, 3.63) is 35.1 Å². The fourth-order valence-electron chi connectivity index (χ4n) is 3.43. The SMILES string of the molecule is CN(C)C1(c2nnnn2CCOC(=O)Nc2ccc(Cl)cc2)CCCC1. The molecule has 8 nitrogen and oxygen atoms in total. The quantitative estimate of drug-likeness (QED) is 0.831. The van der Waals surface area contributed by atoms with E-state index in [1.54, 1.807) is 28.9 Å². The minimum absolute atomic E-state index is 0.144. The predicted molar refractivity (Wildman–Crippen MR) is 98.1 cm³/mol. The van der Waals surface area contributed by atoms with Gasteiger partial charge in [0.1, 0.15) is 6.61 Å². The van der Waals surface area contributed by atoms with Crippen molar-refractivity contribution in [3.8, 4) is 0 Å². The maximum atomic E-state index is 11.9. The number of aromatic nitrogens is 4. The van der Waals surface area contributed by atoms with Gasteiger partial charge in [0.2, 0.25) is 0 Å². The average Bonchev–Trinajstić information content (AvgIpc) is 3.26. The fourth-order valence-corrected chi connectivity index (χ4v) is 3.56. The van der Waals surface area contributed by atoms with Gasteiger partial charge in [0.05, 0.1) is 12.1 Å². The van der Waals surface area contributed by atoms with Crippen LogP contribution >= 0.6 is 11.6 Å². The van der Waals surface area contributed by atoms with E-state index in [-0.39, 0.29) is 12.1 Å². The molecule has 1 aliphatic rings. The highest BCUT2D eigenvalue weighted by molar-refractivity contribution is 6.30. The number of ether oxygens (including phenoxy) is 1. The van der Waals surface area contributed by atoms with E-state index in [2.05, 4.69) is 39.8 Å². The summed E-state index contributed by atoms with van der Waals surface area (Å²) in [6.45, 7) is 0.590. The van der Waals surface area contributed by atoms with Gasteiger partial charge in [0.25, 0.3) is 0 Å². The Morgan fingerprint density at radius 1 is 1.31 bits per heavy atom. The molecule has 0 aliphatic heterocycles. The topological polar surface area (TPSA) is 85.2 Å². The Balaban J connectivity index is 1.57. The molecule has 3 rings (SSSR count). The molecule has 0 radical (unpaired) electrons. The number of carbonyl (C=O) groups is 1. The highest BCUT2D eigenvalue weighted by Crippen LogP contribution is 2.41. The van der Waals surface area contributed by atoms with Crippen LogP contribution in [0.5, 0.6) is 0 Å². The van der Waals surface area contributed by atoms with E-state index in [4.69, 9.17) is 16.3 Å². The molecular weight excluding hydrogens is 356 g/mol. The normalized spacial score (nSPS) is 16.0. The molecule has 1 aromatic heterocycles. The zero-order valence-corrected chi connectivity index (χ0v) is 15.7. The molecule has 0 saturated heterocycles. The lowest BCUT2D eigenvalue weighted by molar-refractivity contribution is 0.130. The Hall–Kier alpha value is -2.19. The summed E-state index contributed by atoms with van der Waals surface area (Å²) in [6, 6.07) is 6.83. The number of nitrogens with one attached hydrogen (secondary N) is 1. The van der Waals surface area contributed by atoms with Crippen LogP contribution in [0.2, 0.25) is 5.02 Å². The zero-order valence-electron chi connectivity index (χ0n) is 15.0. The van der Waals surface area contributed by atoms with E-state index in [1.807, 2.05) is 0 Å². The zero-order chi connectivity index (χ0) is 18.6. The molecule has 0 bridgehead atoms. The summed E-state index contributed by atoms with van der Waals surface area (Å²) in [5.41, 5.74) is 0.481. The molecule has 9 heteroatoms. The summed E-state index contributed by atoms with van der Waals surface area (Å²) in [4.78, 5) is 14.1. The standard InChI is InChI=1S/C17H23ClN6O2/c1-23(2)17(9-3-4-10-17)15-20-21-22-24(15)11-12-26-16(25)19-14-7-5-13(18)6-8-14/h5-8H,3-4,9-12H2,1-2H3,(H,19,25). The second-order valence-corrected chi connectivity index (χ2v) is 7.06. The Bertz CT molecular complexity index is 740. The van der Waals surface area contributed by atoms with Crippen LogP contribution in [0.1, 0.15) is 31.5 Å². The summed E-state index contributed by atoms with van der Waals surface area (Å²) in [7, 11) is 4.11. The van der Waals surface area contributed by atoms with Gasteiger partial charge >= 0.3 is 6.09 Å². The first kappa shape index (κ1) is 18.6. The van der Waals surface area contributed by atoms with Gasteiger partial charge in [-0.2, -0.15) is 0 Å². The van der Waals surface area contributed by atoms with Gasteiger partial charge in [0, 0.05) is 10.7 Å². The van der Waals surface area contributed by atoms with Crippen molar-refractivity contribution in [1.29, 1.82) is 0 Å². The van der Waals surface area contributed by atoms with Crippen molar-refractivity contribution < 1.29 is 9.53 Å². The van der Waals surface area contributed by atoms with Gasteiger partial charge in [-0.25, -0.2) is 9.48 Å². The number of anilines is 1. The van der Waals surface area contributed by atoms with Gasteiger partial charge in [-0.1, -0.05) is 24.4 Å². The molecule has 1 heterocycles. The second-order valence-electron chi connectivity index (χ2n) is 6.63. The largest absolute Gasteiger partial charge is 0.447 e. The molecule has 0 spiro atoms. The molecule has 2 aromatic rings. The molecule has 1 amide bonds. The Morgan fingerprint density at radius 3 is 2.65 bits per heavy atom. The second kappa shape index (κ2) is 8.01. The Morgan fingerprint density at radius 2 is 2.00 bits per heavy atom. The number of hydrogen-bond acceptors (Lipinski definition) is 6. The van der Waals surface area contributed by atoms with Crippen LogP contribution in [0.4, 0.5) is 10.5 Å². The third-order valence-electron chi connectivity index (χ3n) is 4.86. The van der Waals surface area contributed by atoms with Crippen molar-refractivity contribution in [3.63, 3.8) is 0 Å². The number of hydrogen-bond donors (Lipinski definition) is 1. The lowest BCUT2D eigenvalue weighted by Gasteiger charge is -2.34. The van der Waals surface area contributed by atoms with Crippen LogP contribution in [0, 0.1) is 0 Å². The highest BCUT2D eigenvalue weighted by atomic mass is 35.5. The van der Waals surface area contributed by atoms with E-state index in [0.29, 0.717) is 17.3 Å². The minimum Gasteiger partial charge on any atom is -0.447 e. The Labute approximate surface area is 157 Å². The van der Waals surface area contributed by atoms with Crippen LogP contribution in [0.3, 0.4) is 0 Å². The maximum absolute atomic E-state index is 11.9. The predicted octanol–water partition coefficient (Wildman–Crippen LogP) is 2.91. The van der Waals surface area contributed by atoms with Crippen LogP contribution in [0.25, 0.3) is 0 Å². The van der Waals surface area contributed by atoms with Gasteiger partial charge in [-0.15, -0.1) is 5.10 Å². The van der Waals surface area contributed by atoms with E-state index in [0.717, 1.165) is 31.5 Å². The first-order valence-electron chi connectivity index (χ1n) is 8.65. The van der Waals surface area contributed by atoms with Gasteiger partial charge < -0.3 is 4.74 Å². The van der Waals surface area contributed by atoms with Crippen LogP contribution in [-0.4, -0.2) is 51.9 Å². The van der Waals surface area contributed by atoms with Crippen LogP contribution in [0.15, 0.2) is 24.3 Å². The van der Waals surface area contributed by atoms with Gasteiger partial charge in [-0.05, 0) is 61.6 Å². The number of rotatable bonds is 6. The van der Waals surface area contributed by atoms with Crippen molar-refractivity contribution in [2.45, 2.75) is 37.8 Å². The molecular formula is C17H23ClN6O2. The number of halogens is 1. The molecule has 1 aromatic carbocycles. The number of amides is 1. The van der Waals surface area contributed by atoms with E-state index in [9.17, 15) is 4.79 Å². The molecule has 1 fully saturated rings. The van der Waals surface area contributed by atoms with Gasteiger partial charge in [-0.3, -0.25) is 10.2 Å². The van der Waals surface area contributed by atoms with Crippen molar-refractivity contribution in [2.75, 3.05) is 26.0 Å². The number of carbonyl (C=O) groups excluding carboxylic acids is 1. The minimum atomic E-state index is -0.523. The molecule has 1 N–H and O–H groups in total. The van der Waals surface area contributed by atoms with Crippen molar-refractivity contribution in [2.24, 2.45) is 0 Å². The molecule has 0 atom stereocenters. The van der Waals surface area contributed by atoms with E-state index >= 15 is 0 Å². The summed E-state index contributed by atoms with van der Waals surface area (Å²) in [5, 5.41) is 15.4. The number of tetrazole rings is 1. The van der Waals surface area contributed by atoms with Crippen molar-refractivity contribution in [1.82, 2.24) is 25.1 Å². The molecule has 140 valence electrons. The smallest absolute Gasteiger partial charge is 0.411 e. The number of benzene rings is 1. The summed E-state index contributed by atoms with van der Waals surface area (Å²) >= 11 is 5.82. The van der Waals surface area contributed by atoms with E-state index < -0.39 is 6.09 Å². The third kappa shape index (κ3) is 3.96. The first-order chi connectivity index (χ1) is 12.5. The molecule has 1 aliphatic carbocycles. The lowest BCUT2D eigenvalue weighted by atomic mass is 9.95. The molecule has 1 saturated carbocycles. The highest BCUT2D eigenvalue weighted by Gasteiger charge is 2.42. The molecule has 0 unspecified atom stereocenters. The molecule has 26 heavy (non-hydrogen) atoms. The van der Waals surface area contributed by atoms with Crippen LogP contribution in [-0.2, 0) is 16.8 Å².